The van der Waals surface area contributed by atoms with Gasteiger partial charge in [-0.15, -0.1) is 0 Å². The lowest BCUT2D eigenvalue weighted by Crippen LogP contribution is -2.49. The van der Waals surface area contributed by atoms with Crippen LogP contribution in [0.4, 0.5) is 5.69 Å². The fourth-order valence-electron chi connectivity index (χ4n) is 3.93. The van der Waals surface area contributed by atoms with Crippen LogP contribution in [0.5, 0.6) is 5.75 Å². The first kappa shape index (κ1) is 22.9. The molecule has 0 saturated carbocycles. The normalized spacial score (nSPS) is 15.9. The second-order valence-corrected chi connectivity index (χ2v) is 8.28. The predicted octanol–water partition coefficient (Wildman–Crippen LogP) is 1.44. The first-order valence-corrected chi connectivity index (χ1v) is 11.1. The van der Waals surface area contributed by atoms with Crippen molar-refractivity contribution in [2.75, 3.05) is 44.6 Å². The fourth-order valence-corrected chi connectivity index (χ4v) is 3.93. The van der Waals surface area contributed by atoms with Crippen molar-refractivity contribution in [3.8, 4) is 5.75 Å². The van der Waals surface area contributed by atoms with E-state index in [0.717, 1.165) is 26.2 Å². The number of ether oxygens (including phenoxy) is 1. The lowest BCUT2D eigenvalue weighted by molar-refractivity contribution is -0.114. The van der Waals surface area contributed by atoms with Crippen LogP contribution in [0.3, 0.4) is 0 Å². The number of rotatable bonds is 8. The van der Waals surface area contributed by atoms with Crippen molar-refractivity contribution in [2.24, 2.45) is 0 Å². The summed E-state index contributed by atoms with van der Waals surface area (Å²) < 4.78 is 5.67. The van der Waals surface area contributed by atoms with Gasteiger partial charge < -0.3 is 20.1 Å². The number of β-amino-alcohol motifs (C(OH)–C–C–N with tert-alkyl or cyclic N) is 1. The molecule has 1 aromatic heterocycles. The van der Waals surface area contributed by atoms with Crippen LogP contribution in [-0.4, -0.2) is 76.2 Å². The number of aliphatic hydroxyl groups excluding tert-OH is 1. The standard InChI is InChI=1S/C24H29N5O4/c1-17(30)25-18-6-8-20(9-7-18)33-16-19(31)14-28-10-12-29(13-11-28)15-23-26-22-5-3-2-4-21(22)24(32)27-23/h2-9,19,31H,10-16H2,1H3,(H,25,30)(H,26,27,32). The Morgan fingerprint density at radius 3 is 2.55 bits per heavy atom. The number of hydrogen-bond donors (Lipinski definition) is 3. The van der Waals surface area contributed by atoms with E-state index in [2.05, 4.69) is 25.1 Å². The van der Waals surface area contributed by atoms with E-state index >= 15 is 0 Å². The van der Waals surface area contributed by atoms with E-state index in [1.54, 1.807) is 30.3 Å². The lowest BCUT2D eigenvalue weighted by Gasteiger charge is -2.35. The topological polar surface area (TPSA) is 111 Å². The van der Waals surface area contributed by atoms with Crippen LogP contribution >= 0.6 is 0 Å². The summed E-state index contributed by atoms with van der Waals surface area (Å²) in [5, 5.41) is 13.7. The van der Waals surface area contributed by atoms with E-state index < -0.39 is 6.10 Å². The molecule has 2 aromatic carbocycles. The third-order valence-corrected chi connectivity index (χ3v) is 5.59. The second kappa shape index (κ2) is 10.6. The molecule has 0 radical (unpaired) electrons. The molecule has 1 fully saturated rings. The summed E-state index contributed by atoms with van der Waals surface area (Å²) >= 11 is 0. The van der Waals surface area contributed by atoms with Crippen LogP contribution < -0.4 is 15.6 Å². The van der Waals surface area contributed by atoms with Gasteiger partial charge in [0.1, 0.15) is 24.3 Å². The van der Waals surface area contributed by atoms with Crippen LogP contribution in [0.2, 0.25) is 0 Å². The van der Waals surface area contributed by atoms with Gasteiger partial charge in [0.2, 0.25) is 5.91 Å². The third kappa shape index (κ3) is 6.38. The Morgan fingerprint density at radius 1 is 1.12 bits per heavy atom. The number of hydrogen-bond acceptors (Lipinski definition) is 7. The number of para-hydroxylation sites is 1. The lowest BCUT2D eigenvalue weighted by atomic mass is 10.2. The van der Waals surface area contributed by atoms with Crippen molar-refractivity contribution in [1.82, 2.24) is 19.8 Å². The Balaban J connectivity index is 1.21. The minimum atomic E-state index is -0.606. The number of carbonyl (C=O) groups is 1. The number of nitrogens with zero attached hydrogens (tertiary/aromatic N) is 3. The van der Waals surface area contributed by atoms with Gasteiger partial charge in [-0.2, -0.15) is 0 Å². The van der Waals surface area contributed by atoms with Crippen molar-refractivity contribution in [2.45, 2.75) is 19.6 Å². The van der Waals surface area contributed by atoms with Gasteiger partial charge in [-0.3, -0.25) is 19.4 Å². The van der Waals surface area contributed by atoms with Crippen molar-refractivity contribution in [1.29, 1.82) is 0 Å². The van der Waals surface area contributed by atoms with Gasteiger partial charge in [-0.25, -0.2) is 4.98 Å². The first-order valence-electron chi connectivity index (χ1n) is 11.1. The molecule has 3 N–H and O–H groups in total. The van der Waals surface area contributed by atoms with Crippen molar-refractivity contribution >= 4 is 22.5 Å². The summed E-state index contributed by atoms with van der Waals surface area (Å²) in [5.41, 5.74) is 1.31. The number of nitrogens with one attached hydrogen (secondary N) is 2. The van der Waals surface area contributed by atoms with Crippen LogP contribution in [0.15, 0.2) is 53.3 Å². The Hall–Kier alpha value is -3.27. The van der Waals surface area contributed by atoms with Crippen LogP contribution in [0, 0.1) is 0 Å². The maximum absolute atomic E-state index is 12.3. The molecule has 1 aliphatic rings. The number of aliphatic hydroxyl groups is 1. The summed E-state index contributed by atoms with van der Waals surface area (Å²) in [5.74, 6) is 1.19. The Bertz CT molecular complexity index is 1140. The maximum Gasteiger partial charge on any atom is 0.258 e. The molecular weight excluding hydrogens is 422 g/mol. The monoisotopic (exact) mass is 451 g/mol. The SMILES string of the molecule is CC(=O)Nc1ccc(OCC(O)CN2CCN(Cc3nc4ccccc4c(=O)[nH]3)CC2)cc1. The van der Waals surface area contributed by atoms with E-state index in [4.69, 9.17) is 4.74 Å². The Kier molecular flexibility index (Phi) is 7.33. The molecule has 2 heterocycles. The molecule has 1 unspecified atom stereocenters. The number of amides is 1. The van der Waals surface area contributed by atoms with E-state index in [9.17, 15) is 14.7 Å². The molecule has 174 valence electrons. The van der Waals surface area contributed by atoms with Crippen molar-refractivity contribution in [3.05, 3.63) is 64.7 Å². The molecule has 0 bridgehead atoms. The van der Waals surface area contributed by atoms with Gasteiger partial charge in [0.25, 0.3) is 5.56 Å². The summed E-state index contributed by atoms with van der Waals surface area (Å²) in [6.07, 6.45) is -0.606. The van der Waals surface area contributed by atoms with Crippen molar-refractivity contribution < 1.29 is 14.6 Å². The second-order valence-electron chi connectivity index (χ2n) is 8.28. The highest BCUT2D eigenvalue weighted by Crippen LogP contribution is 2.16. The van der Waals surface area contributed by atoms with E-state index in [0.29, 0.717) is 41.3 Å². The molecule has 0 spiro atoms. The smallest absolute Gasteiger partial charge is 0.258 e. The van der Waals surface area contributed by atoms with Gasteiger partial charge in [0.15, 0.2) is 0 Å². The highest BCUT2D eigenvalue weighted by Gasteiger charge is 2.20. The molecule has 1 amide bonds. The van der Waals surface area contributed by atoms with Gasteiger partial charge >= 0.3 is 0 Å². The molecule has 33 heavy (non-hydrogen) atoms. The summed E-state index contributed by atoms with van der Waals surface area (Å²) in [6.45, 7) is 6.07. The van der Waals surface area contributed by atoms with Crippen LogP contribution in [0.1, 0.15) is 12.7 Å². The average molecular weight is 452 g/mol. The highest BCUT2D eigenvalue weighted by molar-refractivity contribution is 5.88. The van der Waals surface area contributed by atoms with Crippen molar-refractivity contribution in [3.63, 3.8) is 0 Å². The van der Waals surface area contributed by atoms with E-state index in [1.807, 2.05) is 18.2 Å². The number of aromatic amines is 1. The number of benzene rings is 2. The number of fused-ring (bicyclic) bond motifs is 1. The molecular formula is C24H29N5O4. The first-order chi connectivity index (χ1) is 16.0. The number of piperazine rings is 1. The maximum atomic E-state index is 12.3. The zero-order valence-electron chi connectivity index (χ0n) is 18.7. The largest absolute Gasteiger partial charge is 0.491 e. The molecule has 0 aliphatic carbocycles. The summed E-state index contributed by atoms with van der Waals surface area (Å²) in [6, 6.07) is 14.4. The van der Waals surface area contributed by atoms with Gasteiger partial charge in [0, 0.05) is 45.3 Å². The van der Waals surface area contributed by atoms with E-state index in [1.165, 1.54) is 6.92 Å². The fraction of sp³-hybridized carbons (Fsp3) is 0.375. The van der Waals surface area contributed by atoms with E-state index in [-0.39, 0.29) is 18.1 Å². The molecule has 1 aliphatic heterocycles. The number of carbonyl (C=O) groups excluding carboxylic acids is 1. The van der Waals surface area contributed by atoms with Gasteiger partial charge in [-0.05, 0) is 36.4 Å². The molecule has 9 heteroatoms. The third-order valence-electron chi connectivity index (χ3n) is 5.59. The Morgan fingerprint density at radius 2 is 1.82 bits per heavy atom. The highest BCUT2D eigenvalue weighted by atomic mass is 16.5. The number of anilines is 1. The molecule has 1 atom stereocenters. The Labute approximate surface area is 192 Å². The quantitative estimate of drug-likeness (QED) is 0.475. The average Bonchev–Trinajstić information content (AvgIpc) is 2.80. The molecule has 1 saturated heterocycles. The van der Waals surface area contributed by atoms with Gasteiger partial charge in [-0.1, -0.05) is 12.1 Å². The number of aromatic nitrogens is 2. The summed E-state index contributed by atoms with van der Waals surface area (Å²) in [7, 11) is 0. The summed E-state index contributed by atoms with van der Waals surface area (Å²) in [4.78, 5) is 35.3. The van der Waals surface area contributed by atoms with Crippen LogP contribution in [0.25, 0.3) is 10.9 Å². The number of H-pyrrole nitrogens is 1. The molecule has 4 rings (SSSR count). The van der Waals surface area contributed by atoms with Gasteiger partial charge in [0.05, 0.1) is 17.4 Å². The van der Waals surface area contributed by atoms with Crippen LogP contribution in [-0.2, 0) is 11.3 Å². The minimum Gasteiger partial charge on any atom is -0.491 e. The minimum absolute atomic E-state index is 0.109. The molecule has 3 aromatic rings. The molecule has 9 nitrogen and oxygen atoms in total. The zero-order chi connectivity index (χ0) is 23.2. The predicted molar refractivity (Wildman–Crippen MR) is 126 cm³/mol. The zero-order valence-corrected chi connectivity index (χ0v) is 18.7.